The molecule has 2 unspecified atom stereocenters. The van der Waals surface area contributed by atoms with E-state index >= 15 is 0 Å². The molecule has 0 saturated carbocycles. The molecule has 35 heavy (non-hydrogen) atoms. The molecule has 2 aromatic carbocycles. The van der Waals surface area contributed by atoms with Crippen LogP contribution in [0.15, 0.2) is 42.5 Å². The highest BCUT2D eigenvalue weighted by molar-refractivity contribution is 5.92. The van der Waals surface area contributed by atoms with Crippen molar-refractivity contribution in [1.82, 2.24) is 19.7 Å². The van der Waals surface area contributed by atoms with Crippen LogP contribution in [-0.2, 0) is 16.0 Å². The SMILES string of the molecule is Cc1ccc2[nH]c3c(c2c1)CC(C(=O)N(C)CCN(C)C)N(C(=O)CCN)C3c1cccc(O)c1. The van der Waals surface area contributed by atoms with Gasteiger partial charge in [-0.25, -0.2) is 0 Å². The molecule has 1 aliphatic heterocycles. The molecule has 1 aromatic heterocycles. The maximum Gasteiger partial charge on any atom is 0.245 e. The molecule has 2 amide bonds. The van der Waals surface area contributed by atoms with E-state index in [9.17, 15) is 14.7 Å². The maximum absolute atomic E-state index is 13.8. The number of nitrogens with zero attached hydrogens (tertiary/aromatic N) is 3. The van der Waals surface area contributed by atoms with Gasteiger partial charge in [0.1, 0.15) is 11.8 Å². The molecule has 4 N–H and O–H groups in total. The Balaban J connectivity index is 1.89. The molecular weight excluding hydrogens is 442 g/mol. The number of fused-ring (bicyclic) bond motifs is 3. The molecule has 0 fully saturated rings. The van der Waals surface area contributed by atoms with Crippen molar-refractivity contribution in [2.24, 2.45) is 5.73 Å². The molecule has 0 radical (unpaired) electrons. The standard InChI is InChI=1S/C27H35N5O3/c1-17-8-9-22-20(14-17)21-16-23(27(35)31(4)13-12-30(2)3)32(24(34)10-11-28)26(25(21)29-22)18-6-5-7-19(33)15-18/h5-9,14-15,23,26,29,33H,10-13,16,28H2,1-4H3. The number of phenolic OH excluding ortho intramolecular Hbond substituents is 1. The van der Waals surface area contributed by atoms with Crippen molar-refractivity contribution in [1.29, 1.82) is 0 Å². The van der Waals surface area contributed by atoms with Gasteiger partial charge in [-0.2, -0.15) is 0 Å². The van der Waals surface area contributed by atoms with Crippen LogP contribution >= 0.6 is 0 Å². The fourth-order valence-electron chi connectivity index (χ4n) is 4.96. The second-order valence-corrected chi connectivity index (χ2v) is 9.69. The second kappa shape index (κ2) is 10.1. The van der Waals surface area contributed by atoms with Crippen molar-refractivity contribution in [2.45, 2.75) is 31.8 Å². The monoisotopic (exact) mass is 477 g/mol. The van der Waals surface area contributed by atoms with Crippen molar-refractivity contribution in [3.8, 4) is 5.75 Å². The molecule has 0 saturated heterocycles. The second-order valence-electron chi connectivity index (χ2n) is 9.69. The first-order valence-electron chi connectivity index (χ1n) is 12.0. The van der Waals surface area contributed by atoms with Crippen molar-refractivity contribution >= 4 is 22.7 Å². The summed E-state index contributed by atoms with van der Waals surface area (Å²) in [7, 11) is 5.72. The molecule has 3 aromatic rings. The number of rotatable bonds is 7. The number of aryl methyl sites for hydroxylation is 1. The van der Waals surface area contributed by atoms with Gasteiger partial charge in [-0.1, -0.05) is 23.8 Å². The number of aromatic nitrogens is 1. The molecule has 0 spiro atoms. The Hall–Kier alpha value is -3.36. The summed E-state index contributed by atoms with van der Waals surface area (Å²) in [6.45, 7) is 3.51. The Kier molecular flexibility index (Phi) is 7.14. The Morgan fingerprint density at radius 3 is 2.60 bits per heavy atom. The third-order valence-electron chi connectivity index (χ3n) is 6.76. The summed E-state index contributed by atoms with van der Waals surface area (Å²) in [4.78, 5) is 36.3. The summed E-state index contributed by atoms with van der Waals surface area (Å²) in [6.07, 6.45) is 0.546. The quantitative estimate of drug-likeness (QED) is 0.485. The Morgan fingerprint density at radius 2 is 1.91 bits per heavy atom. The van der Waals surface area contributed by atoms with Crippen LogP contribution in [0.5, 0.6) is 5.75 Å². The van der Waals surface area contributed by atoms with Crippen LogP contribution in [0.25, 0.3) is 10.9 Å². The van der Waals surface area contributed by atoms with E-state index in [0.717, 1.165) is 39.8 Å². The zero-order valence-corrected chi connectivity index (χ0v) is 20.9. The minimum Gasteiger partial charge on any atom is -0.508 e. The van der Waals surface area contributed by atoms with E-state index in [0.29, 0.717) is 13.0 Å². The van der Waals surface area contributed by atoms with Gasteiger partial charge in [0.25, 0.3) is 0 Å². The molecular formula is C27H35N5O3. The number of amides is 2. The number of nitrogens with one attached hydrogen (secondary N) is 1. The topological polar surface area (TPSA) is 106 Å². The predicted octanol–water partition coefficient (Wildman–Crippen LogP) is 2.39. The van der Waals surface area contributed by atoms with Gasteiger partial charge in [0, 0.05) is 56.1 Å². The van der Waals surface area contributed by atoms with Crippen molar-refractivity contribution in [3.63, 3.8) is 0 Å². The van der Waals surface area contributed by atoms with Gasteiger partial charge in [0.15, 0.2) is 0 Å². The highest BCUT2D eigenvalue weighted by atomic mass is 16.3. The van der Waals surface area contributed by atoms with Crippen LogP contribution in [0.2, 0.25) is 0 Å². The van der Waals surface area contributed by atoms with Crippen molar-refractivity contribution in [3.05, 3.63) is 64.8 Å². The summed E-state index contributed by atoms with van der Waals surface area (Å²) in [6, 6.07) is 11.9. The fourth-order valence-corrected chi connectivity index (χ4v) is 4.96. The minimum atomic E-state index is -0.680. The lowest BCUT2D eigenvalue weighted by Crippen LogP contribution is -2.55. The van der Waals surface area contributed by atoms with Crippen LogP contribution < -0.4 is 5.73 Å². The average molecular weight is 478 g/mol. The third-order valence-corrected chi connectivity index (χ3v) is 6.76. The number of aromatic hydroxyl groups is 1. The van der Waals surface area contributed by atoms with Gasteiger partial charge in [-0.05, 0) is 56.4 Å². The average Bonchev–Trinajstić information content (AvgIpc) is 3.18. The van der Waals surface area contributed by atoms with Gasteiger partial charge in [-0.3, -0.25) is 9.59 Å². The first-order chi connectivity index (χ1) is 16.7. The summed E-state index contributed by atoms with van der Waals surface area (Å²) in [5, 5.41) is 11.3. The van der Waals surface area contributed by atoms with E-state index in [1.54, 1.807) is 35.0 Å². The van der Waals surface area contributed by atoms with Gasteiger partial charge >= 0.3 is 0 Å². The number of phenols is 1. The van der Waals surface area contributed by atoms with Gasteiger partial charge in [-0.15, -0.1) is 0 Å². The number of nitrogens with two attached hydrogens (primary N) is 1. The van der Waals surface area contributed by atoms with Gasteiger partial charge in [0.05, 0.1) is 6.04 Å². The highest BCUT2D eigenvalue weighted by Gasteiger charge is 2.44. The Bertz CT molecular complexity index is 1230. The van der Waals surface area contributed by atoms with E-state index in [1.807, 2.05) is 44.1 Å². The molecule has 4 rings (SSSR count). The number of hydrogen-bond acceptors (Lipinski definition) is 5. The normalized spacial score (nSPS) is 17.6. The third kappa shape index (κ3) is 4.90. The summed E-state index contributed by atoms with van der Waals surface area (Å²) < 4.78 is 0. The molecule has 1 aliphatic rings. The van der Waals surface area contributed by atoms with E-state index in [4.69, 9.17) is 5.73 Å². The molecule has 2 heterocycles. The number of hydrogen-bond donors (Lipinski definition) is 3. The minimum absolute atomic E-state index is 0.102. The van der Waals surface area contributed by atoms with Crippen LogP contribution in [0.3, 0.4) is 0 Å². The fraction of sp³-hybridized carbons (Fsp3) is 0.407. The van der Waals surface area contributed by atoms with Gasteiger partial charge < -0.3 is 30.5 Å². The largest absolute Gasteiger partial charge is 0.508 e. The summed E-state index contributed by atoms with van der Waals surface area (Å²) >= 11 is 0. The smallest absolute Gasteiger partial charge is 0.245 e. The molecule has 0 bridgehead atoms. The Labute approximate surface area is 206 Å². The Morgan fingerprint density at radius 1 is 1.14 bits per heavy atom. The zero-order valence-electron chi connectivity index (χ0n) is 20.9. The first kappa shape index (κ1) is 24.8. The van der Waals surface area contributed by atoms with Crippen LogP contribution in [0.4, 0.5) is 0 Å². The molecule has 186 valence electrons. The van der Waals surface area contributed by atoms with E-state index in [-0.39, 0.29) is 30.5 Å². The van der Waals surface area contributed by atoms with Crippen molar-refractivity contribution in [2.75, 3.05) is 40.8 Å². The molecule has 8 nitrogen and oxygen atoms in total. The van der Waals surface area contributed by atoms with E-state index in [1.165, 1.54) is 0 Å². The first-order valence-corrected chi connectivity index (χ1v) is 12.0. The maximum atomic E-state index is 13.8. The number of likely N-dealkylation sites (N-methyl/N-ethyl adjacent to an activating group) is 2. The summed E-state index contributed by atoms with van der Waals surface area (Å²) in [5.41, 5.74) is 10.5. The molecule has 8 heteroatoms. The number of aromatic amines is 1. The van der Waals surface area contributed by atoms with Crippen molar-refractivity contribution < 1.29 is 14.7 Å². The zero-order chi connectivity index (χ0) is 25.3. The number of carbonyl (C=O) groups is 2. The van der Waals surface area contributed by atoms with Crippen LogP contribution in [-0.4, -0.2) is 83.4 Å². The lowest BCUT2D eigenvalue weighted by Gasteiger charge is -2.43. The molecule has 0 aliphatic carbocycles. The lowest BCUT2D eigenvalue weighted by atomic mass is 9.87. The van der Waals surface area contributed by atoms with Gasteiger partial charge in [0.2, 0.25) is 11.8 Å². The number of carbonyl (C=O) groups excluding carboxylic acids is 2. The van der Waals surface area contributed by atoms with E-state index < -0.39 is 12.1 Å². The van der Waals surface area contributed by atoms with Crippen LogP contribution in [0, 0.1) is 6.92 Å². The highest BCUT2D eigenvalue weighted by Crippen LogP contribution is 2.42. The predicted molar refractivity (Wildman–Crippen MR) is 137 cm³/mol. The lowest BCUT2D eigenvalue weighted by molar-refractivity contribution is -0.147. The number of H-pyrrole nitrogens is 1. The van der Waals surface area contributed by atoms with Crippen LogP contribution in [0.1, 0.15) is 34.8 Å². The number of benzene rings is 2. The van der Waals surface area contributed by atoms with E-state index in [2.05, 4.69) is 11.1 Å². The molecule has 2 atom stereocenters. The summed E-state index contributed by atoms with van der Waals surface area (Å²) in [5.74, 6) is -0.172.